The lowest BCUT2D eigenvalue weighted by Crippen LogP contribution is -2.28. The zero-order valence-electron chi connectivity index (χ0n) is 13.3. The normalized spacial score (nSPS) is 14.2. The monoisotopic (exact) mass is 403 g/mol. The van der Waals surface area contributed by atoms with Crippen LogP contribution in [0.25, 0.3) is 0 Å². The Morgan fingerprint density at radius 1 is 1.15 bits per heavy atom. The molecule has 2 aromatic rings. The van der Waals surface area contributed by atoms with Crippen molar-refractivity contribution in [2.24, 2.45) is 5.92 Å². The van der Waals surface area contributed by atoms with Crippen LogP contribution in [0.2, 0.25) is 10.0 Å². The smallest absolute Gasteiger partial charge is 0.352 e. The maximum absolute atomic E-state index is 13.4. The van der Waals surface area contributed by atoms with Gasteiger partial charge in [0.15, 0.2) is 0 Å². The highest BCUT2D eigenvalue weighted by Gasteiger charge is 2.36. The average Bonchev–Trinajstić information content (AvgIpc) is 3.35. The van der Waals surface area contributed by atoms with Gasteiger partial charge in [-0.05, 0) is 43.0 Å². The number of hydrogen-bond donors (Lipinski definition) is 2. The van der Waals surface area contributed by atoms with Crippen LogP contribution in [-0.4, -0.2) is 17.4 Å². The Morgan fingerprint density at radius 2 is 1.81 bits per heavy atom. The number of pyridine rings is 1. The van der Waals surface area contributed by atoms with Crippen molar-refractivity contribution in [1.29, 1.82) is 0 Å². The molecule has 1 saturated carbocycles. The van der Waals surface area contributed by atoms with Crippen LogP contribution >= 0.6 is 23.2 Å². The molecule has 138 valence electrons. The van der Waals surface area contributed by atoms with Crippen molar-refractivity contribution in [1.82, 2.24) is 10.3 Å². The fourth-order valence-corrected chi connectivity index (χ4v) is 2.89. The molecule has 0 spiro atoms. The molecule has 0 bridgehead atoms. The van der Waals surface area contributed by atoms with Gasteiger partial charge in [-0.1, -0.05) is 23.2 Å². The Bertz CT molecular complexity index is 818. The van der Waals surface area contributed by atoms with Crippen LogP contribution in [0, 0.1) is 5.92 Å². The van der Waals surface area contributed by atoms with Crippen molar-refractivity contribution in [3.63, 3.8) is 0 Å². The third-order valence-electron chi connectivity index (χ3n) is 3.84. The molecule has 3 rings (SSSR count). The second-order valence-corrected chi connectivity index (χ2v) is 6.92. The molecule has 0 atom stereocenters. The van der Waals surface area contributed by atoms with E-state index in [0.717, 1.165) is 25.1 Å². The van der Waals surface area contributed by atoms with Gasteiger partial charge in [0.2, 0.25) is 0 Å². The number of nitrogens with zero attached hydrogens (tertiary/aromatic N) is 1. The first kappa shape index (κ1) is 18.8. The summed E-state index contributed by atoms with van der Waals surface area (Å²) in [6, 6.07) is 5.29. The zero-order chi connectivity index (χ0) is 18.9. The molecular weight excluding hydrogens is 390 g/mol. The molecule has 0 saturated heterocycles. The first-order chi connectivity index (χ1) is 12.2. The van der Waals surface area contributed by atoms with Crippen molar-refractivity contribution in [2.45, 2.75) is 19.0 Å². The van der Waals surface area contributed by atoms with Crippen LogP contribution < -0.4 is 10.6 Å². The van der Waals surface area contributed by atoms with Crippen molar-refractivity contribution in [3.8, 4) is 0 Å². The van der Waals surface area contributed by atoms with E-state index in [4.69, 9.17) is 23.2 Å². The highest BCUT2D eigenvalue weighted by molar-refractivity contribution is 6.35. The minimum atomic E-state index is -4.70. The highest BCUT2D eigenvalue weighted by atomic mass is 35.5. The molecular formula is C17H14Cl2F3N3O. The van der Waals surface area contributed by atoms with E-state index in [0.29, 0.717) is 28.2 Å². The van der Waals surface area contributed by atoms with Crippen molar-refractivity contribution in [3.05, 3.63) is 51.6 Å². The number of anilines is 2. The van der Waals surface area contributed by atoms with Gasteiger partial charge in [-0.25, -0.2) is 4.98 Å². The molecule has 0 aliphatic heterocycles. The Kier molecular flexibility index (Phi) is 5.29. The van der Waals surface area contributed by atoms with Gasteiger partial charge in [-0.3, -0.25) is 4.79 Å². The summed E-state index contributed by atoms with van der Waals surface area (Å²) in [6.45, 7) is 0.372. The Morgan fingerprint density at radius 3 is 2.38 bits per heavy atom. The number of aromatic nitrogens is 1. The van der Waals surface area contributed by atoms with Gasteiger partial charge in [0, 0.05) is 28.5 Å². The summed E-state index contributed by atoms with van der Waals surface area (Å²) < 4.78 is 40.2. The molecule has 1 aliphatic carbocycles. The van der Waals surface area contributed by atoms with Crippen LogP contribution in [0.15, 0.2) is 30.5 Å². The number of carbonyl (C=O) groups is 1. The summed E-state index contributed by atoms with van der Waals surface area (Å²) >= 11 is 11.7. The summed E-state index contributed by atoms with van der Waals surface area (Å²) in [5, 5.41) is 5.89. The number of rotatable bonds is 5. The SMILES string of the molecule is O=C(NCC1CC1)c1cnc(Nc2cc(Cl)cc(Cl)c2)cc1C(F)(F)F. The van der Waals surface area contributed by atoms with Crippen LogP contribution in [-0.2, 0) is 6.18 Å². The Hall–Kier alpha value is -1.99. The molecule has 0 unspecified atom stereocenters. The number of halogens is 5. The summed E-state index contributed by atoms with van der Waals surface area (Å²) in [4.78, 5) is 16.0. The summed E-state index contributed by atoms with van der Waals surface area (Å²) in [7, 11) is 0. The number of hydrogen-bond acceptors (Lipinski definition) is 3. The largest absolute Gasteiger partial charge is 0.417 e. The van der Waals surface area contributed by atoms with E-state index >= 15 is 0 Å². The van der Waals surface area contributed by atoms with Crippen LogP contribution in [0.4, 0.5) is 24.7 Å². The predicted molar refractivity (Wildman–Crippen MR) is 94.0 cm³/mol. The molecule has 26 heavy (non-hydrogen) atoms. The van der Waals surface area contributed by atoms with E-state index in [1.807, 2.05) is 0 Å². The first-order valence-electron chi connectivity index (χ1n) is 7.81. The fourth-order valence-electron chi connectivity index (χ4n) is 2.37. The lowest BCUT2D eigenvalue weighted by molar-refractivity contribution is -0.137. The standard InChI is InChI=1S/C17H14Cl2F3N3O/c18-10-3-11(19)5-12(4-10)25-15-6-14(17(20,21)22)13(8-23-15)16(26)24-7-9-1-2-9/h3-6,8-9H,1-2,7H2,(H,23,25)(H,24,26). The van der Waals surface area contributed by atoms with Gasteiger partial charge in [-0.2, -0.15) is 13.2 Å². The molecule has 9 heteroatoms. The molecule has 1 aliphatic rings. The van der Waals surface area contributed by atoms with Crippen LogP contribution in [0.5, 0.6) is 0 Å². The predicted octanol–water partition coefficient (Wildman–Crippen LogP) is 5.29. The van der Waals surface area contributed by atoms with Crippen molar-refractivity contribution < 1.29 is 18.0 Å². The lowest BCUT2D eigenvalue weighted by Gasteiger charge is -2.15. The molecule has 1 aromatic carbocycles. The molecule has 2 N–H and O–H groups in total. The number of alkyl halides is 3. The summed E-state index contributed by atoms with van der Waals surface area (Å²) in [5.41, 5.74) is -1.18. The van der Waals surface area contributed by atoms with Gasteiger partial charge < -0.3 is 10.6 Å². The Balaban J connectivity index is 1.86. The van der Waals surface area contributed by atoms with Crippen molar-refractivity contribution in [2.75, 3.05) is 11.9 Å². The fraction of sp³-hybridized carbons (Fsp3) is 0.294. The number of amides is 1. The Labute approximate surface area is 157 Å². The van der Waals surface area contributed by atoms with E-state index in [1.165, 1.54) is 18.2 Å². The van der Waals surface area contributed by atoms with E-state index in [9.17, 15) is 18.0 Å². The maximum atomic E-state index is 13.4. The third kappa shape index (κ3) is 4.80. The quantitative estimate of drug-likeness (QED) is 0.712. The van der Waals surface area contributed by atoms with Gasteiger partial charge in [0.1, 0.15) is 5.82 Å². The number of carbonyl (C=O) groups excluding carboxylic acids is 1. The van der Waals surface area contributed by atoms with Crippen LogP contribution in [0.3, 0.4) is 0 Å². The summed E-state index contributed by atoms with van der Waals surface area (Å²) in [6.07, 6.45) is -1.82. The minimum Gasteiger partial charge on any atom is -0.352 e. The number of benzene rings is 1. The second-order valence-electron chi connectivity index (χ2n) is 6.05. The number of nitrogens with one attached hydrogen (secondary N) is 2. The molecule has 1 fully saturated rings. The maximum Gasteiger partial charge on any atom is 0.417 e. The van der Waals surface area contributed by atoms with E-state index in [1.54, 1.807) is 0 Å². The lowest BCUT2D eigenvalue weighted by atomic mass is 10.1. The average molecular weight is 404 g/mol. The zero-order valence-corrected chi connectivity index (χ0v) is 14.8. The first-order valence-corrected chi connectivity index (χ1v) is 8.56. The molecule has 1 aromatic heterocycles. The third-order valence-corrected chi connectivity index (χ3v) is 4.27. The molecule has 1 amide bonds. The molecule has 4 nitrogen and oxygen atoms in total. The van der Waals surface area contributed by atoms with E-state index in [-0.39, 0.29) is 5.82 Å². The highest BCUT2D eigenvalue weighted by Crippen LogP contribution is 2.34. The van der Waals surface area contributed by atoms with Gasteiger partial charge >= 0.3 is 6.18 Å². The van der Waals surface area contributed by atoms with Gasteiger partial charge in [0.05, 0.1) is 11.1 Å². The molecule has 0 radical (unpaired) electrons. The van der Waals surface area contributed by atoms with Gasteiger partial charge in [-0.15, -0.1) is 0 Å². The minimum absolute atomic E-state index is 0.0746. The van der Waals surface area contributed by atoms with Gasteiger partial charge in [0.25, 0.3) is 5.91 Å². The summed E-state index contributed by atoms with van der Waals surface area (Å²) in [5.74, 6) is -0.502. The van der Waals surface area contributed by atoms with Crippen molar-refractivity contribution >= 4 is 40.6 Å². The topological polar surface area (TPSA) is 54.0 Å². The van der Waals surface area contributed by atoms with Crippen LogP contribution in [0.1, 0.15) is 28.8 Å². The second kappa shape index (κ2) is 7.32. The van der Waals surface area contributed by atoms with E-state index < -0.39 is 23.2 Å². The molecule has 1 heterocycles. The van der Waals surface area contributed by atoms with E-state index in [2.05, 4.69) is 15.6 Å².